The first-order valence-corrected chi connectivity index (χ1v) is 7.79. The molecular weight excluding hydrogens is 280 g/mol. The maximum atomic E-state index is 12.0. The molecule has 0 aromatic heterocycles. The number of sulfonamides is 1. The Kier molecular flexibility index (Phi) is 3.75. The SMILES string of the molecule is COc1ccc(C(=O)NCC2(C)CC2)cc1S(N)(=O)=O. The molecule has 2 rings (SSSR count). The van der Waals surface area contributed by atoms with Crippen molar-refractivity contribution in [2.75, 3.05) is 13.7 Å². The van der Waals surface area contributed by atoms with Crippen LogP contribution in [0, 0.1) is 5.41 Å². The standard InChI is InChI=1S/C13H18N2O4S/c1-13(5-6-13)8-15-12(16)9-3-4-10(19-2)11(7-9)20(14,17)18/h3-4,7H,5-6,8H2,1-2H3,(H,15,16)(H2,14,17,18). The lowest BCUT2D eigenvalue weighted by molar-refractivity contribution is 0.0946. The van der Waals surface area contributed by atoms with E-state index in [4.69, 9.17) is 9.88 Å². The summed E-state index contributed by atoms with van der Waals surface area (Å²) in [4.78, 5) is 11.8. The molecule has 1 aromatic carbocycles. The first-order chi connectivity index (χ1) is 9.25. The molecule has 1 aliphatic carbocycles. The van der Waals surface area contributed by atoms with Crippen molar-refractivity contribution in [3.05, 3.63) is 23.8 Å². The number of amides is 1. The van der Waals surface area contributed by atoms with E-state index in [9.17, 15) is 13.2 Å². The van der Waals surface area contributed by atoms with E-state index >= 15 is 0 Å². The predicted octanol–water partition coefficient (Wildman–Crippen LogP) is 0.872. The van der Waals surface area contributed by atoms with Crippen molar-refractivity contribution in [2.45, 2.75) is 24.7 Å². The number of hydrogen-bond acceptors (Lipinski definition) is 4. The molecule has 0 spiro atoms. The maximum Gasteiger partial charge on any atom is 0.251 e. The fourth-order valence-corrected chi connectivity index (χ4v) is 2.55. The monoisotopic (exact) mass is 298 g/mol. The minimum absolute atomic E-state index is 0.123. The van der Waals surface area contributed by atoms with Crippen LogP contribution in [0.2, 0.25) is 0 Å². The molecule has 0 saturated heterocycles. The lowest BCUT2D eigenvalue weighted by Crippen LogP contribution is -2.29. The van der Waals surface area contributed by atoms with E-state index < -0.39 is 10.0 Å². The Morgan fingerprint density at radius 2 is 2.10 bits per heavy atom. The van der Waals surface area contributed by atoms with E-state index in [0.29, 0.717) is 6.54 Å². The molecule has 20 heavy (non-hydrogen) atoms. The third-order valence-electron chi connectivity index (χ3n) is 3.51. The van der Waals surface area contributed by atoms with Crippen molar-refractivity contribution in [3.8, 4) is 5.75 Å². The summed E-state index contributed by atoms with van der Waals surface area (Å²) < 4.78 is 27.9. The molecule has 0 bridgehead atoms. The van der Waals surface area contributed by atoms with Gasteiger partial charge in [-0.15, -0.1) is 0 Å². The molecule has 0 unspecified atom stereocenters. The number of nitrogens with two attached hydrogens (primary N) is 1. The van der Waals surface area contributed by atoms with Crippen LogP contribution in [0.4, 0.5) is 0 Å². The van der Waals surface area contributed by atoms with Gasteiger partial charge < -0.3 is 10.1 Å². The van der Waals surface area contributed by atoms with Crippen LogP contribution in [-0.2, 0) is 10.0 Å². The molecule has 3 N–H and O–H groups in total. The highest BCUT2D eigenvalue weighted by Crippen LogP contribution is 2.44. The normalized spacial score (nSPS) is 16.6. The zero-order valence-electron chi connectivity index (χ0n) is 11.5. The second kappa shape index (κ2) is 5.06. The Hall–Kier alpha value is -1.60. The van der Waals surface area contributed by atoms with Crippen LogP contribution in [0.15, 0.2) is 23.1 Å². The number of rotatable bonds is 5. The first-order valence-electron chi connectivity index (χ1n) is 6.24. The average Bonchev–Trinajstić information content (AvgIpc) is 3.13. The van der Waals surface area contributed by atoms with Gasteiger partial charge in [0, 0.05) is 12.1 Å². The van der Waals surface area contributed by atoms with Crippen molar-refractivity contribution in [3.63, 3.8) is 0 Å². The average molecular weight is 298 g/mol. The summed E-state index contributed by atoms with van der Waals surface area (Å²) in [6.07, 6.45) is 2.19. The maximum absolute atomic E-state index is 12.0. The van der Waals surface area contributed by atoms with Crippen LogP contribution in [0.3, 0.4) is 0 Å². The molecule has 1 aromatic rings. The van der Waals surface area contributed by atoms with Gasteiger partial charge in [0.15, 0.2) is 0 Å². The van der Waals surface area contributed by atoms with Gasteiger partial charge in [0.2, 0.25) is 10.0 Å². The number of ether oxygens (including phenoxy) is 1. The van der Waals surface area contributed by atoms with Gasteiger partial charge in [0.05, 0.1) is 7.11 Å². The fraction of sp³-hybridized carbons (Fsp3) is 0.462. The molecule has 0 aliphatic heterocycles. The topological polar surface area (TPSA) is 98.5 Å². The van der Waals surface area contributed by atoms with E-state index in [1.807, 2.05) is 0 Å². The Labute approximate surface area is 118 Å². The van der Waals surface area contributed by atoms with Crippen molar-refractivity contribution >= 4 is 15.9 Å². The molecule has 0 radical (unpaired) electrons. The van der Waals surface area contributed by atoms with Gasteiger partial charge in [0.25, 0.3) is 5.91 Å². The van der Waals surface area contributed by atoms with Gasteiger partial charge in [0.1, 0.15) is 10.6 Å². The highest BCUT2D eigenvalue weighted by molar-refractivity contribution is 7.89. The van der Waals surface area contributed by atoms with Gasteiger partial charge in [-0.25, -0.2) is 13.6 Å². The van der Waals surface area contributed by atoms with E-state index in [2.05, 4.69) is 12.2 Å². The van der Waals surface area contributed by atoms with Crippen molar-refractivity contribution in [2.24, 2.45) is 10.6 Å². The summed E-state index contributed by atoms with van der Waals surface area (Å²) in [5.41, 5.74) is 0.435. The number of carbonyl (C=O) groups is 1. The van der Waals surface area contributed by atoms with Crippen LogP contribution >= 0.6 is 0 Å². The lowest BCUT2D eigenvalue weighted by Gasteiger charge is -2.12. The third kappa shape index (κ3) is 3.29. The molecule has 7 heteroatoms. The second-order valence-corrected chi connectivity index (χ2v) is 6.93. The Bertz CT molecular complexity index is 636. The molecule has 6 nitrogen and oxygen atoms in total. The zero-order chi connectivity index (χ0) is 15.0. The molecule has 110 valence electrons. The van der Waals surface area contributed by atoms with E-state index in [1.54, 1.807) is 0 Å². The quantitative estimate of drug-likeness (QED) is 0.842. The third-order valence-corrected chi connectivity index (χ3v) is 4.44. The summed E-state index contributed by atoms with van der Waals surface area (Å²) in [5, 5.41) is 7.92. The summed E-state index contributed by atoms with van der Waals surface area (Å²) in [5.74, 6) is -0.191. The summed E-state index contributed by atoms with van der Waals surface area (Å²) in [7, 11) is -2.59. The highest BCUT2D eigenvalue weighted by Gasteiger charge is 2.37. The Balaban J connectivity index is 2.22. The van der Waals surface area contributed by atoms with Crippen molar-refractivity contribution in [1.82, 2.24) is 5.32 Å². The summed E-state index contributed by atoms with van der Waals surface area (Å²) >= 11 is 0. The van der Waals surface area contributed by atoms with E-state index in [1.165, 1.54) is 25.3 Å². The van der Waals surface area contributed by atoms with Gasteiger partial charge >= 0.3 is 0 Å². The van der Waals surface area contributed by atoms with Crippen molar-refractivity contribution < 1.29 is 17.9 Å². The molecule has 1 amide bonds. The highest BCUT2D eigenvalue weighted by atomic mass is 32.2. The molecule has 1 saturated carbocycles. The lowest BCUT2D eigenvalue weighted by atomic mass is 10.1. The first kappa shape index (κ1) is 14.8. The number of nitrogens with one attached hydrogen (secondary N) is 1. The summed E-state index contributed by atoms with van der Waals surface area (Å²) in [6.45, 7) is 2.68. The predicted molar refractivity (Wildman–Crippen MR) is 74.0 cm³/mol. The number of hydrogen-bond donors (Lipinski definition) is 2. The molecule has 0 heterocycles. The summed E-state index contributed by atoms with van der Waals surface area (Å²) in [6, 6.07) is 4.17. The smallest absolute Gasteiger partial charge is 0.251 e. The number of benzene rings is 1. The fourth-order valence-electron chi connectivity index (χ4n) is 1.83. The number of carbonyl (C=O) groups excluding carboxylic acids is 1. The number of methoxy groups -OCH3 is 1. The van der Waals surface area contributed by atoms with Crippen LogP contribution in [0.1, 0.15) is 30.1 Å². The van der Waals surface area contributed by atoms with Gasteiger partial charge in [-0.05, 0) is 36.5 Å². The minimum atomic E-state index is -3.94. The van der Waals surface area contributed by atoms with Crippen LogP contribution in [0.5, 0.6) is 5.75 Å². The van der Waals surface area contributed by atoms with Gasteiger partial charge in [-0.1, -0.05) is 6.92 Å². The zero-order valence-corrected chi connectivity index (χ0v) is 12.3. The molecule has 0 atom stereocenters. The van der Waals surface area contributed by atoms with Crippen LogP contribution in [0.25, 0.3) is 0 Å². The Morgan fingerprint density at radius 3 is 2.60 bits per heavy atom. The van der Waals surface area contributed by atoms with Crippen LogP contribution in [-0.4, -0.2) is 28.0 Å². The molecule has 1 fully saturated rings. The minimum Gasteiger partial charge on any atom is -0.495 e. The number of primary sulfonamides is 1. The van der Waals surface area contributed by atoms with Crippen LogP contribution < -0.4 is 15.2 Å². The largest absolute Gasteiger partial charge is 0.495 e. The molecular formula is C13H18N2O4S. The molecule has 1 aliphatic rings. The van der Waals surface area contributed by atoms with E-state index in [-0.39, 0.29) is 27.5 Å². The van der Waals surface area contributed by atoms with Crippen molar-refractivity contribution in [1.29, 1.82) is 0 Å². The van der Waals surface area contributed by atoms with Gasteiger partial charge in [-0.2, -0.15) is 0 Å². The van der Waals surface area contributed by atoms with E-state index in [0.717, 1.165) is 12.8 Å². The van der Waals surface area contributed by atoms with Gasteiger partial charge in [-0.3, -0.25) is 4.79 Å². The second-order valence-electron chi connectivity index (χ2n) is 5.40. The Morgan fingerprint density at radius 1 is 1.45 bits per heavy atom.